The second-order valence-electron chi connectivity index (χ2n) is 9.45. The molecule has 2 aromatic rings. The van der Waals surface area contributed by atoms with Crippen LogP contribution in [0.4, 0.5) is 5.82 Å². The molecule has 1 N–H and O–H groups in total. The Morgan fingerprint density at radius 3 is 2.64 bits per heavy atom. The summed E-state index contributed by atoms with van der Waals surface area (Å²) in [6, 6.07) is 13.0. The van der Waals surface area contributed by atoms with Crippen molar-refractivity contribution in [2.24, 2.45) is 0 Å². The van der Waals surface area contributed by atoms with Crippen LogP contribution < -0.4 is 10.2 Å². The number of likely N-dealkylation sites (tertiary alicyclic amines) is 1. The number of carbonyl (C=O) groups is 1. The quantitative estimate of drug-likeness (QED) is 0.700. The highest BCUT2D eigenvalue weighted by Crippen LogP contribution is 2.21. The maximum Gasteiger partial charge on any atom is 0.269 e. The van der Waals surface area contributed by atoms with Crippen LogP contribution in [0, 0.1) is 0 Å². The molecule has 0 spiro atoms. The Balaban J connectivity index is 1.28. The number of amides is 1. The second kappa shape index (κ2) is 11.6. The van der Waals surface area contributed by atoms with Crippen LogP contribution in [0.5, 0.6) is 0 Å². The first kappa shape index (κ1) is 23.6. The van der Waals surface area contributed by atoms with Gasteiger partial charge in [0.05, 0.1) is 0 Å². The van der Waals surface area contributed by atoms with Crippen molar-refractivity contribution in [2.75, 3.05) is 50.7 Å². The van der Waals surface area contributed by atoms with Gasteiger partial charge in [-0.25, -0.2) is 4.98 Å². The summed E-state index contributed by atoms with van der Waals surface area (Å²) in [4.78, 5) is 29.3. The van der Waals surface area contributed by atoms with E-state index in [-0.39, 0.29) is 5.91 Å². The molecule has 0 bridgehead atoms. The molecule has 7 heteroatoms. The van der Waals surface area contributed by atoms with E-state index in [0.717, 1.165) is 44.1 Å². The smallest absolute Gasteiger partial charge is 0.269 e. The Hall–Kier alpha value is -2.51. The normalized spacial score (nSPS) is 18.9. The molecule has 2 aliphatic heterocycles. The first-order valence-electron chi connectivity index (χ1n) is 12.5. The fourth-order valence-corrected chi connectivity index (χ4v) is 4.97. The lowest BCUT2D eigenvalue weighted by Gasteiger charge is -2.39. The van der Waals surface area contributed by atoms with Gasteiger partial charge in [0.15, 0.2) is 0 Å². The van der Waals surface area contributed by atoms with Gasteiger partial charge in [-0.15, -0.1) is 0 Å². The average molecular weight is 451 g/mol. The van der Waals surface area contributed by atoms with Crippen molar-refractivity contribution < 1.29 is 4.79 Å². The number of nitrogens with one attached hydrogen (secondary N) is 1. The summed E-state index contributed by atoms with van der Waals surface area (Å²) < 4.78 is 0. The molecule has 0 saturated carbocycles. The Morgan fingerprint density at radius 2 is 1.88 bits per heavy atom. The van der Waals surface area contributed by atoms with Crippen LogP contribution in [0.1, 0.15) is 49.3 Å². The van der Waals surface area contributed by atoms with Crippen LogP contribution in [0.3, 0.4) is 0 Å². The topological polar surface area (TPSA) is 64.6 Å². The molecule has 7 nitrogen and oxygen atoms in total. The molecule has 4 heterocycles. The number of hydrogen-bond donors (Lipinski definition) is 1. The van der Waals surface area contributed by atoms with Crippen LogP contribution in [-0.4, -0.2) is 83.6 Å². The van der Waals surface area contributed by atoms with Crippen molar-refractivity contribution in [3.8, 4) is 0 Å². The van der Waals surface area contributed by atoms with Crippen molar-refractivity contribution in [3.05, 3.63) is 54.0 Å². The lowest BCUT2D eigenvalue weighted by Crippen LogP contribution is -2.47. The van der Waals surface area contributed by atoms with Crippen LogP contribution in [0.2, 0.25) is 0 Å². The van der Waals surface area contributed by atoms with E-state index in [1.807, 2.05) is 30.3 Å². The average Bonchev–Trinajstić information content (AvgIpc) is 3.11. The van der Waals surface area contributed by atoms with E-state index in [0.29, 0.717) is 30.7 Å². The molecular weight excluding hydrogens is 412 g/mol. The van der Waals surface area contributed by atoms with Gasteiger partial charge in [0.25, 0.3) is 5.91 Å². The van der Waals surface area contributed by atoms with Gasteiger partial charge < -0.3 is 15.1 Å². The molecule has 0 atom stereocenters. The minimum Gasteiger partial charge on any atom is -0.355 e. The summed E-state index contributed by atoms with van der Waals surface area (Å²) in [6.07, 6.45) is 6.16. The lowest BCUT2D eigenvalue weighted by molar-refractivity contribution is 0.0949. The number of carbonyl (C=O) groups excluding carboxylic acids is 1. The number of hydrogen-bond acceptors (Lipinski definition) is 6. The second-order valence-corrected chi connectivity index (χ2v) is 9.45. The minimum atomic E-state index is -0.124. The molecule has 33 heavy (non-hydrogen) atoms. The zero-order valence-electron chi connectivity index (χ0n) is 20.1. The molecular formula is C26H38N6O. The maximum absolute atomic E-state index is 12.6. The van der Waals surface area contributed by atoms with Crippen LogP contribution in [-0.2, 0) is 6.42 Å². The Morgan fingerprint density at radius 1 is 1.03 bits per heavy atom. The van der Waals surface area contributed by atoms with Gasteiger partial charge in [-0.05, 0) is 70.5 Å². The third kappa shape index (κ3) is 6.51. The highest BCUT2D eigenvalue weighted by molar-refractivity contribution is 5.92. The molecule has 0 aromatic carbocycles. The molecule has 2 fully saturated rings. The van der Waals surface area contributed by atoms with E-state index >= 15 is 0 Å². The first-order chi connectivity index (χ1) is 16.1. The zero-order chi connectivity index (χ0) is 23.0. The molecule has 178 valence electrons. The summed E-state index contributed by atoms with van der Waals surface area (Å²) in [5.41, 5.74) is 1.46. The fraction of sp³-hybridized carbons (Fsp3) is 0.577. The molecule has 0 aliphatic carbocycles. The fourth-order valence-electron chi connectivity index (χ4n) is 4.97. The number of aromatic nitrogens is 2. The molecule has 2 aromatic heterocycles. The number of rotatable bonds is 7. The van der Waals surface area contributed by atoms with E-state index in [9.17, 15) is 4.79 Å². The van der Waals surface area contributed by atoms with Crippen molar-refractivity contribution >= 4 is 11.7 Å². The molecule has 0 unspecified atom stereocenters. The van der Waals surface area contributed by atoms with Gasteiger partial charge in [-0.2, -0.15) is 0 Å². The summed E-state index contributed by atoms with van der Waals surface area (Å²) in [6.45, 7) is 11.7. The number of pyridine rings is 2. The maximum atomic E-state index is 12.6. The monoisotopic (exact) mass is 450 g/mol. The predicted octanol–water partition coefficient (Wildman–Crippen LogP) is 2.83. The van der Waals surface area contributed by atoms with Crippen LogP contribution >= 0.6 is 0 Å². The standard InChI is InChI=1S/C26H38N6O/c1-21(2)30-17-11-23(12-18-30)31-15-6-16-32(20-19-31)25-9-5-8-24(29-25)26(33)28-14-10-22-7-3-4-13-27-22/h3-5,7-9,13,21,23H,6,10-12,14-20H2,1-2H3,(H,28,33). The predicted molar refractivity (Wildman–Crippen MR) is 133 cm³/mol. The van der Waals surface area contributed by atoms with Gasteiger partial charge in [0.1, 0.15) is 11.5 Å². The molecule has 2 saturated heterocycles. The van der Waals surface area contributed by atoms with E-state index in [1.54, 1.807) is 12.3 Å². The minimum absolute atomic E-state index is 0.124. The Labute approximate surface area is 198 Å². The summed E-state index contributed by atoms with van der Waals surface area (Å²) >= 11 is 0. The van der Waals surface area contributed by atoms with Crippen molar-refractivity contribution in [3.63, 3.8) is 0 Å². The van der Waals surface area contributed by atoms with Crippen molar-refractivity contribution in [2.45, 2.75) is 51.6 Å². The summed E-state index contributed by atoms with van der Waals surface area (Å²) in [5.74, 6) is 0.782. The Kier molecular flexibility index (Phi) is 8.29. The first-order valence-corrected chi connectivity index (χ1v) is 12.5. The SMILES string of the molecule is CC(C)N1CCC(N2CCCN(c3cccc(C(=O)NCCc4ccccn4)n3)CC2)CC1. The van der Waals surface area contributed by atoms with Crippen molar-refractivity contribution in [1.29, 1.82) is 0 Å². The molecule has 0 radical (unpaired) electrons. The van der Waals surface area contributed by atoms with E-state index < -0.39 is 0 Å². The van der Waals surface area contributed by atoms with Crippen LogP contribution in [0.25, 0.3) is 0 Å². The third-order valence-corrected chi connectivity index (χ3v) is 6.96. The highest BCUT2D eigenvalue weighted by Gasteiger charge is 2.27. The molecule has 2 aliphatic rings. The van der Waals surface area contributed by atoms with Gasteiger partial charge in [-0.3, -0.25) is 14.7 Å². The largest absolute Gasteiger partial charge is 0.355 e. The van der Waals surface area contributed by atoms with Crippen molar-refractivity contribution in [1.82, 2.24) is 25.1 Å². The van der Waals surface area contributed by atoms with Gasteiger partial charge in [0.2, 0.25) is 0 Å². The van der Waals surface area contributed by atoms with E-state index in [4.69, 9.17) is 4.98 Å². The van der Waals surface area contributed by atoms with Gasteiger partial charge in [-0.1, -0.05) is 12.1 Å². The van der Waals surface area contributed by atoms with Gasteiger partial charge >= 0.3 is 0 Å². The molecule has 4 rings (SSSR count). The number of nitrogens with zero attached hydrogens (tertiary/aromatic N) is 5. The third-order valence-electron chi connectivity index (χ3n) is 6.96. The Bertz CT molecular complexity index is 881. The highest BCUT2D eigenvalue weighted by atomic mass is 16.1. The number of piperidine rings is 1. The van der Waals surface area contributed by atoms with Gasteiger partial charge in [0, 0.05) is 63.1 Å². The summed E-state index contributed by atoms with van der Waals surface area (Å²) in [7, 11) is 0. The number of anilines is 1. The lowest BCUT2D eigenvalue weighted by atomic mass is 10.0. The van der Waals surface area contributed by atoms with E-state index in [2.05, 4.69) is 38.8 Å². The van der Waals surface area contributed by atoms with E-state index in [1.165, 1.54) is 25.9 Å². The zero-order valence-corrected chi connectivity index (χ0v) is 20.1. The van der Waals surface area contributed by atoms with Crippen LogP contribution in [0.15, 0.2) is 42.6 Å². The molecule has 1 amide bonds. The summed E-state index contributed by atoms with van der Waals surface area (Å²) in [5, 5.41) is 2.98.